The number of amides is 1. The van der Waals surface area contributed by atoms with Crippen LogP contribution >= 0.6 is 15.9 Å². The molecule has 0 spiro atoms. The average Bonchev–Trinajstić information content (AvgIpc) is 2.38. The zero-order valence-electron chi connectivity index (χ0n) is 12.3. The van der Waals surface area contributed by atoms with Crippen molar-refractivity contribution in [3.05, 3.63) is 28.0 Å². The average molecular weight is 381 g/mol. The third kappa shape index (κ3) is 3.81. The Labute approximate surface area is 132 Å². The topological polar surface area (TPSA) is 80.5 Å². The summed E-state index contributed by atoms with van der Waals surface area (Å²) >= 11 is 3.07. The predicted octanol–water partition coefficient (Wildman–Crippen LogP) is 2.50. The first-order chi connectivity index (χ1) is 9.41. The quantitative estimate of drug-likeness (QED) is 0.870. The van der Waals surface area contributed by atoms with E-state index in [4.69, 9.17) is 5.14 Å². The van der Waals surface area contributed by atoms with E-state index in [-0.39, 0.29) is 10.0 Å². The van der Waals surface area contributed by atoms with Crippen LogP contribution in [0.2, 0.25) is 0 Å². The molecule has 0 aliphatic carbocycles. The van der Waals surface area contributed by atoms with Crippen molar-refractivity contribution < 1.29 is 17.6 Å². The van der Waals surface area contributed by atoms with Crippen LogP contribution in [-0.2, 0) is 10.0 Å². The molecule has 0 fully saturated rings. The number of hydrogen-bond acceptors (Lipinski definition) is 3. The van der Waals surface area contributed by atoms with Gasteiger partial charge in [0.2, 0.25) is 10.0 Å². The van der Waals surface area contributed by atoms with Crippen molar-refractivity contribution in [2.45, 2.75) is 37.6 Å². The van der Waals surface area contributed by atoms with Gasteiger partial charge in [0.25, 0.3) is 5.91 Å². The van der Waals surface area contributed by atoms with Gasteiger partial charge >= 0.3 is 0 Å². The van der Waals surface area contributed by atoms with Crippen LogP contribution in [0.15, 0.2) is 21.5 Å². The van der Waals surface area contributed by atoms with Gasteiger partial charge in [0.15, 0.2) is 5.82 Å². The van der Waals surface area contributed by atoms with E-state index in [1.807, 2.05) is 20.8 Å². The molecule has 0 unspecified atom stereocenters. The van der Waals surface area contributed by atoms with Crippen LogP contribution in [0.5, 0.6) is 0 Å². The van der Waals surface area contributed by atoms with Crippen LogP contribution in [-0.4, -0.2) is 31.8 Å². The summed E-state index contributed by atoms with van der Waals surface area (Å²) in [6, 6.07) is 2.28. The van der Waals surface area contributed by atoms with Gasteiger partial charge < -0.3 is 4.90 Å². The summed E-state index contributed by atoms with van der Waals surface area (Å²) in [6.45, 7) is 5.57. The minimum absolute atomic E-state index is 0.263. The Balaban J connectivity index is 3.45. The molecule has 5 nitrogen and oxygen atoms in total. The molecule has 0 atom stereocenters. The van der Waals surface area contributed by atoms with E-state index >= 15 is 0 Å². The molecule has 1 amide bonds. The van der Waals surface area contributed by atoms with Crippen LogP contribution in [0.25, 0.3) is 0 Å². The van der Waals surface area contributed by atoms with Crippen LogP contribution in [0.3, 0.4) is 0 Å². The van der Waals surface area contributed by atoms with Crippen molar-refractivity contribution in [2.24, 2.45) is 5.14 Å². The lowest BCUT2D eigenvalue weighted by Crippen LogP contribution is -2.44. The number of rotatable bonds is 4. The maximum absolute atomic E-state index is 14.3. The molecule has 21 heavy (non-hydrogen) atoms. The van der Waals surface area contributed by atoms with Crippen molar-refractivity contribution in [2.75, 3.05) is 7.05 Å². The maximum Gasteiger partial charge on any atom is 0.257 e. The fourth-order valence-electron chi connectivity index (χ4n) is 1.62. The normalized spacial score (nSPS) is 12.3. The molecule has 8 heteroatoms. The molecule has 0 aliphatic rings. The van der Waals surface area contributed by atoms with Gasteiger partial charge in [-0.3, -0.25) is 4.79 Å². The van der Waals surface area contributed by atoms with E-state index < -0.39 is 32.2 Å². The van der Waals surface area contributed by atoms with Gasteiger partial charge in [-0.1, -0.05) is 22.9 Å². The highest BCUT2D eigenvalue weighted by molar-refractivity contribution is 9.10. The molecule has 1 aromatic rings. The smallest absolute Gasteiger partial charge is 0.257 e. The van der Waals surface area contributed by atoms with Crippen LogP contribution in [0.4, 0.5) is 4.39 Å². The van der Waals surface area contributed by atoms with Crippen molar-refractivity contribution in [1.82, 2.24) is 4.90 Å². The zero-order valence-corrected chi connectivity index (χ0v) is 14.7. The minimum Gasteiger partial charge on any atom is -0.337 e. The largest absolute Gasteiger partial charge is 0.337 e. The first kappa shape index (κ1) is 18.1. The van der Waals surface area contributed by atoms with Gasteiger partial charge in [-0.15, -0.1) is 0 Å². The van der Waals surface area contributed by atoms with Gasteiger partial charge in [0, 0.05) is 17.1 Å². The van der Waals surface area contributed by atoms with Gasteiger partial charge in [0.05, 0.1) is 5.56 Å². The molecule has 0 saturated carbocycles. The Bertz CT molecular complexity index is 674. The van der Waals surface area contributed by atoms with Crippen molar-refractivity contribution in [3.8, 4) is 0 Å². The first-order valence-corrected chi connectivity index (χ1v) is 8.55. The van der Waals surface area contributed by atoms with Gasteiger partial charge in [-0.25, -0.2) is 17.9 Å². The lowest BCUT2D eigenvalue weighted by molar-refractivity contribution is 0.0614. The van der Waals surface area contributed by atoms with Gasteiger partial charge in [0.1, 0.15) is 4.90 Å². The molecule has 1 aromatic carbocycles. The SMILES string of the molecule is CCC(C)(C)N(C)C(=O)c1cc(Br)cc(S(N)(=O)=O)c1F. The second-order valence-electron chi connectivity index (χ2n) is 5.34. The number of sulfonamides is 1. The number of hydrogen-bond donors (Lipinski definition) is 1. The van der Waals surface area contributed by atoms with Crippen molar-refractivity contribution in [1.29, 1.82) is 0 Å². The summed E-state index contributed by atoms with van der Waals surface area (Å²) in [5, 5.41) is 4.97. The number of primary sulfonamides is 1. The Morgan fingerprint density at radius 3 is 2.38 bits per heavy atom. The number of carbonyl (C=O) groups is 1. The molecular weight excluding hydrogens is 363 g/mol. The molecule has 0 bridgehead atoms. The first-order valence-electron chi connectivity index (χ1n) is 6.22. The third-order valence-electron chi connectivity index (χ3n) is 3.62. The molecule has 0 heterocycles. The summed E-state index contributed by atoms with van der Waals surface area (Å²) < 4.78 is 37.4. The molecule has 0 saturated heterocycles. The van der Waals surface area contributed by atoms with E-state index in [0.29, 0.717) is 6.42 Å². The van der Waals surface area contributed by atoms with Crippen molar-refractivity contribution in [3.63, 3.8) is 0 Å². The highest BCUT2D eigenvalue weighted by Gasteiger charge is 2.30. The molecule has 0 radical (unpaired) electrons. The van der Waals surface area contributed by atoms with E-state index in [9.17, 15) is 17.6 Å². The Morgan fingerprint density at radius 2 is 1.95 bits per heavy atom. The van der Waals surface area contributed by atoms with Gasteiger partial charge in [-0.05, 0) is 32.4 Å². The number of halogens is 2. The second kappa shape index (κ2) is 6.02. The van der Waals surface area contributed by atoms with Crippen molar-refractivity contribution >= 4 is 31.9 Å². The summed E-state index contributed by atoms with van der Waals surface area (Å²) in [4.78, 5) is 13.1. The fraction of sp³-hybridized carbons (Fsp3) is 0.462. The Morgan fingerprint density at radius 1 is 1.43 bits per heavy atom. The lowest BCUT2D eigenvalue weighted by atomic mass is 9.99. The third-order valence-corrected chi connectivity index (χ3v) is 4.99. The molecular formula is C13H18BrFN2O3S. The van der Waals surface area contributed by atoms with E-state index in [0.717, 1.165) is 6.07 Å². The molecule has 1 rings (SSSR count). The van der Waals surface area contributed by atoms with Crippen LogP contribution in [0, 0.1) is 5.82 Å². The van der Waals surface area contributed by atoms with Crippen LogP contribution in [0.1, 0.15) is 37.6 Å². The highest BCUT2D eigenvalue weighted by atomic mass is 79.9. The number of benzene rings is 1. The van der Waals surface area contributed by atoms with E-state index in [1.54, 1.807) is 7.05 Å². The minimum atomic E-state index is -4.25. The predicted molar refractivity (Wildman–Crippen MR) is 81.9 cm³/mol. The van der Waals surface area contributed by atoms with Crippen LogP contribution < -0.4 is 5.14 Å². The molecule has 2 N–H and O–H groups in total. The number of nitrogens with zero attached hydrogens (tertiary/aromatic N) is 1. The maximum atomic E-state index is 14.3. The zero-order chi connectivity index (χ0) is 16.6. The Hall–Kier alpha value is -0.990. The summed E-state index contributed by atoms with van der Waals surface area (Å²) in [5.74, 6) is -1.74. The van der Waals surface area contributed by atoms with E-state index in [2.05, 4.69) is 15.9 Å². The molecule has 0 aromatic heterocycles. The highest BCUT2D eigenvalue weighted by Crippen LogP contribution is 2.26. The summed E-state index contributed by atoms with van der Waals surface area (Å²) in [7, 11) is -2.71. The summed E-state index contributed by atoms with van der Waals surface area (Å²) in [6.07, 6.45) is 0.660. The Kier molecular flexibility index (Phi) is 5.18. The number of nitrogens with two attached hydrogens (primary N) is 1. The fourth-order valence-corrected chi connectivity index (χ4v) is 2.88. The lowest BCUT2D eigenvalue weighted by Gasteiger charge is -2.35. The molecule has 0 aliphatic heterocycles. The number of carbonyl (C=O) groups excluding carboxylic acids is 1. The monoisotopic (exact) mass is 380 g/mol. The second-order valence-corrected chi connectivity index (χ2v) is 7.79. The van der Waals surface area contributed by atoms with Gasteiger partial charge in [-0.2, -0.15) is 0 Å². The van der Waals surface area contributed by atoms with E-state index in [1.165, 1.54) is 11.0 Å². The standard InChI is InChI=1S/C13H18BrFN2O3S/c1-5-13(2,3)17(4)12(18)9-6-8(14)7-10(11(9)15)21(16,19)20/h6-7H,5H2,1-4H3,(H2,16,19,20). The molecule has 118 valence electrons. The summed E-state index contributed by atoms with van der Waals surface area (Å²) in [5.41, 5.74) is -0.828.